The largest absolute Gasteiger partial charge is 0.342 e. The Labute approximate surface area is 159 Å². The van der Waals surface area contributed by atoms with Gasteiger partial charge in [0, 0.05) is 0 Å². The Morgan fingerprint density at radius 1 is 1.21 bits per heavy atom. The third-order valence-corrected chi connectivity index (χ3v) is 4.45. The number of aromatic nitrogens is 6. The monoisotopic (exact) mass is 379 g/mol. The van der Waals surface area contributed by atoms with Crippen molar-refractivity contribution in [2.75, 3.05) is 0 Å². The molecule has 9 heteroatoms. The molecule has 0 spiro atoms. The van der Waals surface area contributed by atoms with Gasteiger partial charge in [-0.25, -0.2) is 9.37 Å². The highest BCUT2D eigenvalue weighted by molar-refractivity contribution is 5.98. The number of hydrogen-bond acceptors (Lipinski definition) is 5. The van der Waals surface area contributed by atoms with Gasteiger partial charge < -0.3 is 10.3 Å². The third-order valence-electron chi connectivity index (χ3n) is 4.45. The lowest BCUT2D eigenvalue weighted by Gasteiger charge is -2.21. The van der Waals surface area contributed by atoms with Gasteiger partial charge in [0.05, 0.1) is 28.3 Å². The van der Waals surface area contributed by atoms with Crippen molar-refractivity contribution in [3.05, 3.63) is 66.0 Å². The Morgan fingerprint density at radius 2 is 2.04 bits per heavy atom. The zero-order valence-electron chi connectivity index (χ0n) is 15.3. The number of para-hydroxylation sites is 2. The number of carbonyl (C=O) groups is 1. The number of aromatic amines is 1. The summed E-state index contributed by atoms with van der Waals surface area (Å²) in [6.45, 7) is 3.96. The van der Waals surface area contributed by atoms with Crippen molar-refractivity contribution in [3.8, 4) is 5.69 Å². The fraction of sp³-hybridized carbons (Fsp3) is 0.211. The Kier molecular flexibility index (Phi) is 4.56. The molecule has 0 unspecified atom stereocenters. The number of hydrogen-bond donors (Lipinski definition) is 2. The van der Waals surface area contributed by atoms with Crippen LogP contribution in [-0.2, 0) is 0 Å². The van der Waals surface area contributed by atoms with Crippen LogP contribution in [-0.4, -0.2) is 36.1 Å². The van der Waals surface area contributed by atoms with E-state index >= 15 is 0 Å². The number of nitrogens with one attached hydrogen (secondary N) is 2. The number of carbonyl (C=O) groups excluding carboxylic acids is 1. The van der Waals surface area contributed by atoms with Crippen molar-refractivity contribution in [1.29, 1.82) is 0 Å². The van der Waals surface area contributed by atoms with E-state index in [1.165, 1.54) is 29.2 Å². The number of tetrazole rings is 1. The molecule has 0 saturated heterocycles. The summed E-state index contributed by atoms with van der Waals surface area (Å²) in [6, 6.07) is 11.1. The number of nitrogens with zero attached hydrogens (tertiary/aromatic N) is 5. The Balaban J connectivity index is 1.69. The molecule has 0 radical (unpaired) electrons. The van der Waals surface area contributed by atoms with E-state index in [4.69, 9.17) is 0 Å². The van der Waals surface area contributed by atoms with Crippen LogP contribution in [0, 0.1) is 11.7 Å². The van der Waals surface area contributed by atoms with Crippen LogP contribution >= 0.6 is 0 Å². The first-order valence-corrected chi connectivity index (χ1v) is 8.81. The maximum absolute atomic E-state index is 13.8. The summed E-state index contributed by atoms with van der Waals surface area (Å²) < 4.78 is 15.2. The highest BCUT2D eigenvalue weighted by Gasteiger charge is 2.24. The van der Waals surface area contributed by atoms with E-state index in [0.717, 1.165) is 11.0 Å². The molecule has 1 atom stereocenters. The van der Waals surface area contributed by atoms with E-state index in [1.54, 1.807) is 0 Å². The van der Waals surface area contributed by atoms with Gasteiger partial charge in [0.1, 0.15) is 18.0 Å². The standard InChI is InChI=1S/C19H18FN7O/c1-11(2)17(18-22-14-5-3-4-6-15(14)23-18)24-19(28)13-9-12(20)7-8-16(13)27-10-21-25-26-27/h3-11,17H,1-2H3,(H,22,23)(H,24,28)/t17-/m0/s1. The Morgan fingerprint density at radius 3 is 2.75 bits per heavy atom. The molecule has 2 aromatic carbocycles. The first kappa shape index (κ1) is 17.8. The first-order chi connectivity index (χ1) is 13.5. The molecule has 2 N–H and O–H groups in total. The predicted molar refractivity (Wildman–Crippen MR) is 100 cm³/mol. The maximum Gasteiger partial charge on any atom is 0.254 e. The fourth-order valence-electron chi connectivity index (χ4n) is 3.05. The highest BCUT2D eigenvalue weighted by Crippen LogP contribution is 2.24. The minimum Gasteiger partial charge on any atom is -0.342 e. The van der Waals surface area contributed by atoms with Crippen LogP contribution in [0.25, 0.3) is 16.7 Å². The van der Waals surface area contributed by atoms with Crippen LogP contribution in [0.1, 0.15) is 36.1 Å². The van der Waals surface area contributed by atoms with Gasteiger partial charge in [0.25, 0.3) is 5.91 Å². The third kappa shape index (κ3) is 3.34. The van der Waals surface area contributed by atoms with Gasteiger partial charge >= 0.3 is 0 Å². The lowest BCUT2D eigenvalue weighted by atomic mass is 10.0. The van der Waals surface area contributed by atoms with Gasteiger partial charge in [0.15, 0.2) is 0 Å². The second-order valence-electron chi connectivity index (χ2n) is 6.75. The molecule has 0 bridgehead atoms. The molecule has 28 heavy (non-hydrogen) atoms. The van der Waals surface area contributed by atoms with Gasteiger partial charge in [-0.15, -0.1) is 5.10 Å². The number of fused-ring (bicyclic) bond motifs is 1. The zero-order valence-corrected chi connectivity index (χ0v) is 15.3. The summed E-state index contributed by atoms with van der Waals surface area (Å²) in [7, 11) is 0. The van der Waals surface area contributed by atoms with Gasteiger partial charge in [-0.2, -0.15) is 4.68 Å². The molecule has 0 aliphatic carbocycles. The molecule has 2 heterocycles. The van der Waals surface area contributed by atoms with Crippen LogP contribution < -0.4 is 5.32 Å². The SMILES string of the molecule is CC(C)[C@H](NC(=O)c1cc(F)ccc1-n1cnnn1)c1nc2ccccc2[nH]1. The summed E-state index contributed by atoms with van der Waals surface area (Å²) in [5.41, 5.74) is 2.22. The normalized spacial score (nSPS) is 12.4. The number of benzene rings is 2. The lowest BCUT2D eigenvalue weighted by molar-refractivity contribution is 0.0922. The van der Waals surface area contributed by atoms with E-state index in [0.29, 0.717) is 11.5 Å². The second kappa shape index (κ2) is 7.18. The van der Waals surface area contributed by atoms with Crippen LogP contribution in [0.5, 0.6) is 0 Å². The maximum atomic E-state index is 13.8. The smallest absolute Gasteiger partial charge is 0.254 e. The molecule has 0 aliphatic rings. The Bertz CT molecular complexity index is 1090. The lowest BCUT2D eigenvalue weighted by Crippen LogP contribution is -2.33. The van der Waals surface area contributed by atoms with E-state index in [2.05, 4.69) is 30.8 Å². The van der Waals surface area contributed by atoms with Crippen molar-refractivity contribution in [3.63, 3.8) is 0 Å². The molecule has 8 nitrogen and oxygen atoms in total. The van der Waals surface area contributed by atoms with E-state index in [-0.39, 0.29) is 17.5 Å². The second-order valence-corrected chi connectivity index (χ2v) is 6.75. The molecule has 4 aromatic rings. The fourth-order valence-corrected chi connectivity index (χ4v) is 3.05. The number of H-pyrrole nitrogens is 1. The molecule has 0 aliphatic heterocycles. The quantitative estimate of drug-likeness (QED) is 0.555. The topological polar surface area (TPSA) is 101 Å². The average molecular weight is 379 g/mol. The summed E-state index contributed by atoms with van der Waals surface area (Å²) in [6.07, 6.45) is 1.35. The summed E-state index contributed by atoms with van der Waals surface area (Å²) in [4.78, 5) is 20.9. The van der Waals surface area contributed by atoms with E-state index in [9.17, 15) is 9.18 Å². The van der Waals surface area contributed by atoms with Crippen molar-refractivity contribution < 1.29 is 9.18 Å². The van der Waals surface area contributed by atoms with Crippen molar-refractivity contribution in [2.24, 2.45) is 5.92 Å². The molecular weight excluding hydrogens is 361 g/mol. The summed E-state index contributed by atoms with van der Waals surface area (Å²) in [5.74, 6) is -0.268. The van der Waals surface area contributed by atoms with Crippen LogP contribution in [0.15, 0.2) is 48.8 Å². The average Bonchev–Trinajstić information content (AvgIpc) is 3.35. The van der Waals surface area contributed by atoms with E-state index < -0.39 is 11.7 Å². The van der Waals surface area contributed by atoms with Crippen molar-refractivity contribution in [1.82, 2.24) is 35.5 Å². The van der Waals surface area contributed by atoms with Gasteiger partial charge in [0.2, 0.25) is 0 Å². The minimum atomic E-state index is -0.521. The molecule has 4 rings (SSSR count). The molecule has 142 valence electrons. The number of imidazole rings is 1. The molecule has 0 saturated carbocycles. The minimum absolute atomic E-state index is 0.0505. The van der Waals surface area contributed by atoms with Crippen molar-refractivity contribution in [2.45, 2.75) is 19.9 Å². The molecule has 2 aromatic heterocycles. The molecule has 1 amide bonds. The summed E-state index contributed by atoms with van der Waals surface area (Å²) in [5, 5.41) is 13.9. The van der Waals surface area contributed by atoms with Gasteiger partial charge in [-0.05, 0) is 46.7 Å². The van der Waals surface area contributed by atoms with Crippen molar-refractivity contribution >= 4 is 16.9 Å². The predicted octanol–water partition coefficient (Wildman–Crippen LogP) is 2.80. The molecule has 0 fully saturated rings. The number of halogens is 1. The van der Waals surface area contributed by atoms with Gasteiger partial charge in [-0.3, -0.25) is 4.79 Å². The first-order valence-electron chi connectivity index (χ1n) is 8.81. The number of rotatable bonds is 5. The van der Waals surface area contributed by atoms with Crippen LogP contribution in [0.2, 0.25) is 0 Å². The summed E-state index contributed by atoms with van der Waals surface area (Å²) >= 11 is 0. The zero-order chi connectivity index (χ0) is 19.7. The Hall–Kier alpha value is -3.62. The molecular formula is C19H18FN7O. The number of amides is 1. The van der Waals surface area contributed by atoms with Crippen LogP contribution in [0.4, 0.5) is 4.39 Å². The van der Waals surface area contributed by atoms with Gasteiger partial charge in [-0.1, -0.05) is 26.0 Å². The van der Waals surface area contributed by atoms with Crippen LogP contribution in [0.3, 0.4) is 0 Å². The van der Waals surface area contributed by atoms with E-state index in [1.807, 2.05) is 38.1 Å². The highest BCUT2D eigenvalue weighted by atomic mass is 19.1.